The molecule has 0 atom stereocenters. The molecule has 0 saturated carbocycles. The summed E-state index contributed by atoms with van der Waals surface area (Å²) in [6.45, 7) is 0. The van der Waals surface area contributed by atoms with Crippen LogP contribution in [0.15, 0.2) is 53.1 Å². The predicted octanol–water partition coefficient (Wildman–Crippen LogP) is 4.96. The van der Waals surface area contributed by atoms with Crippen molar-refractivity contribution < 1.29 is 22.7 Å². The molecule has 2 heterocycles. The van der Waals surface area contributed by atoms with Crippen LogP contribution in [0.2, 0.25) is 0 Å². The summed E-state index contributed by atoms with van der Waals surface area (Å²) in [5, 5.41) is 0. The van der Waals surface area contributed by atoms with E-state index in [4.69, 9.17) is 4.74 Å². The molecule has 0 bridgehead atoms. The summed E-state index contributed by atoms with van der Waals surface area (Å²) in [6, 6.07) is 10.00. The van der Waals surface area contributed by atoms with Gasteiger partial charge in [-0.2, -0.15) is 13.2 Å². The second-order valence-corrected chi connectivity index (χ2v) is 5.96. The maximum absolute atomic E-state index is 12.8. The number of hydrogen-bond donors (Lipinski definition) is 0. The van der Waals surface area contributed by atoms with Crippen LogP contribution < -0.4 is 4.74 Å². The molecule has 3 nitrogen and oxygen atoms in total. The number of ether oxygens (including phenoxy) is 1. The van der Waals surface area contributed by atoms with Gasteiger partial charge in [0.25, 0.3) is 0 Å². The fourth-order valence-corrected chi connectivity index (χ4v) is 2.92. The number of hydrogen-bond acceptors (Lipinski definition) is 2. The average molecular weight is 398 g/mol. The van der Waals surface area contributed by atoms with Gasteiger partial charge in [0.05, 0.1) is 23.9 Å². The maximum atomic E-state index is 12.8. The Kier molecular flexibility index (Phi) is 4.13. The highest BCUT2D eigenvalue weighted by atomic mass is 79.9. The van der Waals surface area contributed by atoms with Gasteiger partial charge in [0.15, 0.2) is 0 Å². The molecular formula is C17H11BrF3NO2. The van der Waals surface area contributed by atoms with Gasteiger partial charge in [0, 0.05) is 16.2 Å². The van der Waals surface area contributed by atoms with Crippen LogP contribution in [0.4, 0.5) is 13.2 Å². The maximum Gasteiger partial charge on any atom is 0.416 e. The van der Waals surface area contributed by atoms with Crippen molar-refractivity contribution in [2.45, 2.75) is 6.18 Å². The normalized spacial score (nSPS) is 11.7. The van der Waals surface area contributed by atoms with Crippen LogP contribution in [0, 0.1) is 0 Å². The zero-order chi connectivity index (χ0) is 17.5. The Morgan fingerprint density at radius 1 is 1.12 bits per heavy atom. The Balaban J connectivity index is 2.07. The summed E-state index contributed by atoms with van der Waals surface area (Å²) in [6.07, 6.45) is -3.19. The number of carbonyl (C=O) groups excluding carboxylic acids is 1. The number of alkyl halides is 3. The number of halogens is 4. The number of methoxy groups -OCH3 is 1. The third-order valence-corrected chi connectivity index (χ3v) is 4.27. The first kappa shape index (κ1) is 16.6. The topological polar surface area (TPSA) is 30.7 Å². The molecule has 0 aliphatic carbocycles. The molecule has 0 aliphatic rings. The average Bonchev–Trinajstić information content (AvgIpc) is 2.90. The molecule has 2 aromatic heterocycles. The zero-order valence-electron chi connectivity index (χ0n) is 12.4. The molecule has 0 unspecified atom stereocenters. The van der Waals surface area contributed by atoms with E-state index in [-0.39, 0.29) is 17.0 Å². The molecule has 7 heteroatoms. The first-order valence-corrected chi connectivity index (χ1v) is 7.67. The molecule has 3 rings (SSSR count). The number of benzene rings is 1. The summed E-state index contributed by atoms with van der Waals surface area (Å²) in [5.74, 6) is 0.320. The first-order valence-electron chi connectivity index (χ1n) is 6.88. The van der Waals surface area contributed by atoms with Gasteiger partial charge in [-0.1, -0.05) is 0 Å². The smallest absolute Gasteiger partial charge is 0.416 e. The lowest BCUT2D eigenvalue weighted by molar-refractivity contribution is -0.137. The zero-order valence-corrected chi connectivity index (χ0v) is 14.0. The monoisotopic (exact) mass is 397 g/mol. The van der Waals surface area contributed by atoms with Gasteiger partial charge in [-0.25, -0.2) is 0 Å². The molecule has 0 amide bonds. The van der Waals surface area contributed by atoms with Crippen molar-refractivity contribution in [1.29, 1.82) is 0 Å². The highest BCUT2D eigenvalue weighted by molar-refractivity contribution is 9.10. The molecule has 24 heavy (non-hydrogen) atoms. The highest BCUT2D eigenvalue weighted by Gasteiger charge is 2.31. The van der Waals surface area contributed by atoms with E-state index in [1.807, 2.05) is 0 Å². The molecule has 0 spiro atoms. The quantitative estimate of drug-likeness (QED) is 0.584. The van der Waals surface area contributed by atoms with Gasteiger partial charge in [-0.05, 0) is 58.4 Å². The van der Waals surface area contributed by atoms with Crippen LogP contribution in [0.5, 0.6) is 5.75 Å². The van der Waals surface area contributed by atoms with Crippen molar-refractivity contribution in [3.8, 4) is 5.75 Å². The lowest BCUT2D eigenvalue weighted by atomic mass is 10.1. The minimum Gasteiger partial charge on any atom is -0.497 e. The molecule has 1 aromatic carbocycles. The SMILES string of the molecule is COc1ccc(C(=O)c2cc(Br)c3cc(C(F)(F)F)ccn23)cc1. The predicted molar refractivity (Wildman–Crippen MR) is 86.5 cm³/mol. The minimum atomic E-state index is -4.44. The second-order valence-electron chi connectivity index (χ2n) is 5.10. The summed E-state index contributed by atoms with van der Waals surface area (Å²) in [7, 11) is 1.52. The number of rotatable bonds is 3. The molecule has 124 valence electrons. The summed E-state index contributed by atoms with van der Waals surface area (Å²) < 4.78 is 45.4. The van der Waals surface area contributed by atoms with Crippen LogP contribution >= 0.6 is 15.9 Å². The van der Waals surface area contributed by atoms with Gasteiger partial charge in [-0.15, -0.1) is 0 Å². The van der Waals surface area contributed by atoms with E-state index in [2.05, 4.69) is 15.9 Å². The third kappa shape index (κ3) is 2.91. The van der Waals surface area contributed by atoms with Crippen LogP contribution in [-0.2, 0) is 6.18 Å². The summed E-state index contributed by atoms with van der Waals surface area (Å²) >= 11 is 3.22. The van der Waals surface area contributed by atoms with E-state index in [9.17, 15) is 18.0 Å². The molecule has 0 aliphatic heterocycles. The van der Waals surface area contributed by atoms with E-state index >= 15 is 0 Å². The Morgan fingerprint density at radius 2 is 1.79 bits per heavy atom. The number of pyridine rings is 1. The Labute approximate surface area is 143 Å². The van der Waals surface area contributed by atoms with Crippen molar-refractivity contribution in [1.82, 2.24) is 4.40 Å². The van der Waals surface area contributed by atoms with Crippen molar-refractivity contribution in [3.05, 3.63) is 70.0 Å². The number of ketones is 1. The third-order valence-electron chi connectivity index (χ3n) is 3.63. The number of nitrogens with zero attached hydrogens (tertiary/aromatic N) is 1. The van der Waals surface area contributed by atoms with Crippen molar-refractivity contribution in [3.63, 3.8) is 0 Å². The van der Waals surface area contributed by atoms with Crippen molar-refractivity contribution in [2.75, 3.05) is 7.11 Å². The van der Waals surface area contributed by atoms with Crippen molar-refractivity contribution in [2.24, 2.45) is 0 Å². The van der Waals surface area contributed by atoms with E-state index < -0.39 is 11.7 Å². The second kappa shape index (κ2) is 5.98. The van der Waals surface area contributed by atoms with Gasteiger partial charge in [0.1, 0.15) is 5.75 Å². The Hall–Kier alpha value is -2.28. The fraction of sp³-hybridized carbons (Fsp3) is 0.118. The van der Waals surface area contributed by atoms with Gasteiger partial charge < -0.3 is 9.14 Å². The molecule has 0 N–H and O–H groups in total. The lowest BCUT2D eigenvalue weighted by Crippen LogP contribution is -2.08. The minimum absolute atomic E-state index is 0.274. The number of aromatic nitrogens is 1. The molecule has 0 radical (unpaired) electrons. The highest BCUT2D eigenvalue weighted by Crippen LogP contribution is 2.33. The lowest BCUT2D eigenvalue weighted by Gasteiger charge is -2.08. The number of fused-ring (bicyclic) bond motifs is 1. The van der Waals surface area contributed by atoms with E-state index in [0.29, 0.717) is 15.8 Å². The van der Waals surface area contributed by atoms with E-state index in [1.54, 1.807) is 24.3 Å². The van der Waals surface area contributed by atoms with Crippen LogP contribution in [0.3, 0.4) is 0 Å². The Bertz CT molecular complexity index is 914. The van der Waals surface area contributed by atoms with Gasteiger partial charge >= 0.3 is 6.18 Å². The van der Waals surface area contributed by atoms with Crippen LogP contribution in [-0.4, -0.2) is 17.3 Å². The molecule has 0 fully saturated rings. The van der Waals surface area contributed by atoms with E-state index in [1.165, 1.54) is 23.8 Å². The summed E-state index contributed by atoms with van der Waals surface area (Å²) in [5.41, 5.74) is 0.206. The fourth-order valence-electron chi connectivity index (χ4n) is 2.40. The standard InChI is InChI=1S/C17H11BrF3NO2/c1-24-12-4-2-10(3-5-12)16(23)15-9-13(18)14-8-11(17(19,20)21)6-7-22(14)15/h2-9H,1H3. The molecule has 0 saturated heterocycles. The Morgan fingerprint density at radius 3 is 2.38 bits per heavy atom. The van der Waals surface area contributed by atoms with Crippen LogP contribution in [0.1, 0.15) is 21.6 Å². The van der Waals surface area contributed by atoms with Crippen LogP contribution in [0.25, 0.3) is 5.52 Å². The van der Waals surface area contributed by atoms with Crippen molar-refractivity contribution >= 4 is 27.2 Å². The first-order chi connectivity index (χ1) is 11.3. The largest absolute Gasteiger partial charge is 0.497 e. The van der Waals surface area contributed by atoms with Gasteiger partial charge in [0.2, 0.25) is 5.78 Å². The molecule has 3 aromatic rings. The molecular weight excluding hydrogens is 387 g/mol. The number of carbonyl (C=O) groups is 1. The van der Waals surface area contributed by atoms with Gasteiger partial charge in [-0.3, -0.25) is 4.79 Å². The summed E-state index contributed by atoms with van der Waals surface area (Å²) in [4.78, 5) is 12.7. The van der Waals surface area contributed by atoms with E-state index in [0.717, 1.165) is 12.1 Å².